The summed E-state index contributed by atoms with van der Waals surface area (Å²) in [5, 5.41) is 0.664. The number of hydrogen-bond acceptors (Lipinski definition) is 6. The Bertz CT molecular complexity index is 1330. The third kappa shape index (κ3) is 5.67. The van der Waals surface area contributed by atoms with Gasteiger partial charge < -0.3 is 15.2 Å². The molecule has 0 saturated carbocycles. The van der Waals surface area contributed by atoms with E-state index in [1.807, 2.05) is 43.3 Å². The normalized spacial score (nSPS) is 14.5. The van der Waals surface area contributed by atoms with E-state index in [2.05, 4.69) is 0 Å². The summed E-state index contributed by atoms with van der Waals surface area (Å²) in [7, 11) is 0. The number of primary amides is 1. The van der Waals surface area contributed by atoms with Crippen LogP contribution >= 0.6 is 35.6 Å². The van der Waals surface area contributed by atoms with Gasteiger partial charge in [0.05, 0.1) is 22.8 Å². The van der Waals surface area contributed by atoms with E-state index >= 15 is 0 Å². The molecule has 1 saturated heterocycles. The van der Waals surface area contributed by atoms with E-state index < -0.39 is 5.91 Å². The van der Waals surface area contributed by atoms with Crippen LogP contribution < -0.4 is 20.1 Å². The number of carbonyl (C=O) groups excluding carboxylic acids is 2. The fourth-order valence-electron chi connectivity index (χ4n) is 3.45. The smallest absolute Gasteiger partial charge is 0.270 e. The lowest BCUT2D eigenvalue weighted by Crippen LogP contribution is -2.30. The maximum atomic E-state index is 13.2. The van der Waals surface area contributed by atoms with Crippen LogP contribution in [0.3, 0.4) is 0 Å². The SMILES string of the molecule is CCOc1cc(/C=C2\SC(=S)N(c3ccccc3C(N)=O)C2=O)ccc1OCc1ccc(Cl)cc1. The second kappa shape index (κ2) is 10.9. The Balaban J connectivity index is 1.57. The molecule has 2 amide bonds. The van der Waals surface area contributed by atoms with Gasteiger partial charge in [-0.1, -0.05) is 65.9 Å². The molecule has 0 atom stereocenters. The highest BCUT2D eigenvalue weighted by atomic mass is 35.5. The van der Waals surface area contributed by atoms with Crippen molar-refractivity contribution in [3.05, 3.63) is 93.3 Å². The molecule has 0 spiro atoms. The number of amides is 2. The highest BCUT2D eigenvalue weighted by molar-refractivity contribution is 8.27. The van der Waals surface area contributed by atoms with Crippen LogP contribution in [-0.4, -0.2) is 22.7 Å². The standard InChI is InChI=1S/C26H21ClN2O4S2/c1-2-32-22-13-17(9-12-21(22)33-15-16-7-10-18(27)11-8-16)14-23-25(31)29(26(34)35-23)20-6-4-3-5-19(20)24(28)30/h3-14H,2,15H2,1H3,(H2,28,30)/b23-14-. The molecule has 2 N–H and O–H groups in total. The largest absolute Gasteiger partial charge is 0.490 e. The maximum Gasteiger partial charge on any atom is 0.270 e. The molecule has 9 heteroatoms. The zero-order valence-electron chi connectivity index (χ0n) is 18.7. The zero-order valence-corrected chi connectivity index (χ0v) is 21.1. The van der Waals surface area contributed by atoms with Gasteiger partial charge in [-0.25, -0.2) is 0 Å². The van der Waals surface area contributed by atoms with Gasteiger partial charge in [-0.15, -0.1) is 0 Å². The van der Waals surface area contributed by atoms with Crippen LogP contribution in [0.4, 0.5) is 5.69 Å². The Morgan fingerprint density at radius 2 is 1.83 bits per heavy atom. The van der Waals surface area contributed by atoms with E-state index in [-0.39, 0.29) is 11.5 Å². The number of ether oxygens (including phenoxy) is 2. The Morgan fingerprint density at radius 3 is 2.54 bits per heavy atom. The quantitative estimate of drug-likeness (QED) is 0.295. The molecule has 35 heavy (non-hydrogen) atoms. The topological polar surface area (TPSA) is 81.9 Å². The predicted octanol–water partition coefficient (Wildman–Crippen LogP) is 5.82. The van der Waals surface area contributed by atoms with E-state index in [1.54, 1.807) is 36.4 Å². The molecule has 1 fully saturated rings. The zero-order chi connectivity index (χ0) is 24.9. The van der Waals surface area contributed by atoms with Crippen molar-refractivity contribution in [1.29, 1.82) is 0 Å². The van der Waals surface area contributed by atoms with E-state index in [1.165, 1.54) is 4.90 Å². The molecule has 6 nitrogen and oxygen atoms in total. The third-order valence-corrected chi connectivity index (χ3v) is 6.63. The van der Waals surface area contributed by atoms with Gasteiger partial charge in [0.1, 0.15) is 6.61 Å². The number of carbonyl (C=O) groups is 2. The average Bonchev–Trinajstić information content (AvgIpc) is 3.12. The lowest BCUT2D eigenvalue weighted by Gasteiger charge is -2.17. The minimum atomic E-state index is -0.630. The highest BCUT2D eigenvalue weighted by Gasteiger charge is 2.35. The molecule has 1 aliphatic heterocycles. The van der Waals surface area contributed by atoms with Crippen LogP contribution in [0.2, 0.25) is 5.02 Å². The van der Waals surface area contributed by atoms with Crippen LogP contribution in [-0.2, 0) is 11.4 Å². The van der Waals surface area contributed by atoms with Crippen molar-refractivity contribution >= 4 is 63.5 Å². The fourth-order valence-corrected chi connectivity index (χ4v) is 4.86. The van der Waals surface area contributed by atoms with Gasteiger partial charge in [0.25, 0.3) is 11.8 Å². The molecular formula is C26H21ClN2O4S2. The Kier molecular flexibility index (Phi) is 7.75. The van der Waals surface area contributed by atoms with Gasteiger partial charge in [-0.3, -0.25) is 14.5 Å². The van der Waals surface area contributed by atoms with Crippen molar-refractivity contribution in [1.82, 2.24) is 0 Å². The van der Waals surface area contributed by atoms with Crippen LogP contribution in [0.1, 0.15) is 28.4 Å². The lowest BCUT2D eigenvalue weighted by molar-refractivity contribution is -0.113. The molecule has 0 aliphatic carbocycles. The number of halogens is 1. The van der Waals surface area contributed by atoms with Crippen LogP contribution in [0.25, 0.3) is 6.08 Å². The summed E-state index contributed by atoms with van der Waals surface area (Å²) in [5.41, 5.74) is 7.80. The highest BCUT2D eigenvalue weighted by Crippen LogP contribution is 2.38. The Morgan fingerprint density at radius 1 is 1.09 bits per heavy atom. The first-order valence-electron chi connectivity index (χ1n) is 10.7. The third-order valence-electron chi connectivity index (χ3n) is 5.08. The number of anilines is 1. The number of para-hydroxylation sites is 1. The van der Waals surface area contributed by atoms with Crippen LogP contribution in [0, 0.1) is 0 Å². The average molecular weight is 525 g/mol. The first-order chi connectivity index (χ1) is 16.9. The molecule has 1 aliphatic rings. The molecule has 4 rings (SSSR count). The van der Waals surface area contributed by atoms with Gasteiger partial charge >= 0.3 is 0 Å². The summed E-state index contributed by atoms with van der Waals surface area (Å²) >= 11 is 12.5. The summed E-state index contributed by atoms with van der Waals surface area (Å²) < 4.78 is 12.1. The molecular weight excluding hydrogens is 504 g/mol. The number of benzene rings is 3. The molecule has 0 radical (unpaired) electrons. The fraction of sp³-hybridized carbons (Fsp3) is 0.115. The molecule has 1 heterocycles. The maximum absolute atomic E-state index is 13.2. The molecule has 3 aromatic rings. The number of rotatable bonds is 8. The minimum absolute atomic E-state index is 0.228. The van der Waals surface area contributed by atoms with Gasteiger partial charge in [-0.05, 0) is 60.5 Å². The molecule has 0 bridgehead atoms. The molecule has 178 valence electrons. The van der Waals surface area contributed by atoms with Gasteiger partial charge in [0.2, 0.25) is 0 Å². The summed E-state index contributed by atoms with van der Waals surface area (Å²) in [6.07, 6.45) is 1.73. The van der Waals surface area contributed by atoms with Gasteiger partial charge in [0, 0.05) is 5.02 Å². The van der Waals surface area contributed by atoms with Crippen molar-refractivity contribution in [2.75, 3.05) is 11.5 Å². The Hall–Kier alpha value is -3.33. The second-order valence-corrected chi connectivity index (χ2v) is 9.57. The van der Waals surface area contributed by atoms with Crippen molar-refractivity contribution in [2.24, 2.45) is 5.73 Å². The van der Waals surface area contributed by atoms with E-state index in [0.717, 1.165) is 22.9 Å². The molecule has 3 aromatic carbocycles. The van der Waals surface area contributed by atoms with Gasteiger partial charge in [0.15, 0.2) is 15.8 Å². The first kappa shape index (κ1) is 24.8. The summed E-state index contributed by atoms with van der Waals surface area (Å²) in [4.78, 5) is 26.8. The summed E-state index contributed by atoms with van der Waals surface area (Å²) in [6, 6.07) is 19.5. The minimum Gasteiger partial charge on any atom is -0.490 e. The van der Waals surface area contributed by atoms with Crippen LogP contribution in [0.15, 0.2) is 71.6 Å². The van der Waals surface area contributed by atoms with Crippen molar-refractivity contribution in [3.8, 4) is 11.5 Å². The van der Waals surface area contributed by atoms with E-state index in [9.17, 15) is 9.59 Å². The van der Waals surface area contributed by atoms with Crippen LogP contribution in [0.5, 0.6) is 11.5 Å². The number of thioether (sulfide) groups is 1. The molecule has 0 aromatic heterocycles. The van der Waals surface area contributed by atoms with Gasteiger partial charge in [-0.2, -0.15) is 0 Å². The van der Waals surface area contributed by atoms with Crippen molar-refractivity contribution in [2.45, 2.75) is 13.5 Å². The van der Waals surface area contributed by atoms with E-state index in [0.29, 0.717) is 44.6 Å². The monoisotopic (exact) mass is 524 g/mol. The number of thiocarbonyl (C=S) groups is 1. The lowest BCUT2D eigenvalue weighted by atomic mass is 10.1. The number of nitrogens with two attached hydrogens (primary N) is 1. The summed E-state index contributed by atoms with van der Waals surface area (Å²) in [6.45, 7) is 2.69. The number of nitrogens with zero attached hydrogens (tertiary/aromatic N) is 1. The molecule has 0 unspecified atom stereocenters. The summed E-state index contributed by atoms with van der Waals surface area (Å²) in [5.74, 6) is 0.190. The predicted molar refractivity (Wildman–Crippen MR) is 144 cm³/mol. The van der Waals surface area contributed by atoms with Crippen molar-refractivity contribution < 1.29 is 19.1 Å². The Labute approximate surface area is 217 Å². The first-order valence-corrected chi connectivity index (χ1v) is 12.3. The van der Waals surface area contributed by atoms with Crippen molar-refractivity contribution in [3.63, 3.8) is 0 Å². The second-order valence-electron chi connectivity index (χ2n) is 7.45. The number of hydrogen-bond donors (Lipinski definition) is 1. The van der Waals surface area contributed by atoms with E-state index in [4.69, 9.17) is 39.0 Å².